The van der Waals surface area contributed by atoms with Gasteiger partial charge in [0.05, 0.1) is 6.54 Å². The van der Waals surface area contributed by atoms with Crippen LogP contribution in [-0.2, 0) is 10.4 Å². The lowest BCUT2D eigenvalue weighted by molar-refractivity contribution is -0.129. The average molecular weight is 430 g/mol. The normalized spacial score (nSPS) is 16.8. The fraction of sp³-hybridized carbons (Fsp3) is 0.455. The quantitative estimate of drug-likeness (QED) is 0.462. The highest BCUT2D eigenvalue weighted by Gasteiger charge is 2.25. The summed E-state index contributed by atoms with van der Waals surface area (Å²) in [6.45, 7) is 7.84. The first-order valence-electron chi connectivity index (χ1n) is 10.4. The molecule has 3 rings (SSSR count). The summed E-state index contributed by atoms with van der Waals surface area (Å²) in [5.74, 6) is 0.551. The number of carbonyl (C=O) groups excluding carboxylic acids is 1. The van der Waals surface area contributed by atoms with Gasteiger partial charge in [-0.3, -0.25) is 4.79 Å². The Morgan fingerprint density at radius 2 is 1.87 bits per heavy atom. The van der Waals surface area contributed by atoms with Crippen LogP contribution in [0.1, 0.15) is 18.7 Å². The van der Waals surface area contributed by atoms with Gasteiger partial charge in [-0.1, -0.05) is 24.3 Å². The van der Waals surface area contributed by atoms with E-state index >= 15 is 0 Å². The number of piperazine rings is 1. The minimum absolute atomic E-state index is 0.0185. The van der Waals surface area contributed by atoms with E-state index in [-0.39, 0.29) is 12.5 Å². The fourth-order valence-corrected chi connectivity index (χ4v) is 4.16. The summed E-state index contributed by atoms with van der Waals surface area (Å²) in [6.07, 6.45) is 0. The summed E-state index contributed by atoms with van der Waals surface area (Å²) in [4.78, 5) is 22.1. The lowest BCUT2D eigenvalue weighted by Crippen LogP contribution is -2.50. The van der Waals surface area contributed by atoms with Gasteiger partial charge < -0.3 is 25.5 Å². The molecule has 3 N–H and O–H groups in total. The molecule has 0 spiro atoms. The Morgan fingerprint density at radius 1 is 1.13 bits per heavy atom. The molecule has 1 amide bonds. The second-order valence-corrected chi connectivity index (χ2v) is 8.45. The standard InChI is InChI=1S/C22H31N5O2S/c1-3-23-21(25-17-22(2,29)19-10-7-15-30-19)24-16-20(28)27-13-11-26(12-14-27)18-8-5-4-6-9-18/h4-10,15,29H,3,11-14,16-17H2,1-2H3,(H2,23,24,25). The van der Waals surface area contributed by atoms with Gasteiger partial charge in [-0.15, -0.1) is 11.3 Å². The van der Waals surface area contributed by atoms with Crippen LogP contribution in [0.5, 0.6) is 0 Å². The molecule has 1 aliphatic heterocycles. The maximum absolute atomic E-state index is 12.6. The van der Waals surface area contributed by atoms with Gasteiger partial charge in [-0.05, 0) is 37.4 Å². The number of hydrogen-bond acceptors (Lipinski definition) is 5. The molecule has 2 aromatic rings. The van der Waals surface area contributed by atoms with Crippen LogP contribution in [0.3, 0.4) is 0 Å². The summed E-state index contributed by atoms with van der Waals surface area (Å²) in [5, 5.41) is 18.9. The molecule has 0 aliphatic carbocycles. The molecule has 0 saturated carbocycles. The number of carbonyl (C=O) groups is 1. The van der Waals surface area contributed by atoms with Crippen molar-refractivity contribution in [3.63, 3.8) is 0 Å². The Bertz CT molecular complexity index is 815. The highest BCUT2D eigenvalue weighted by atomic mass is 32.1. The predicted octanol–water partition coefficient (Wildman–Crippen LogP) is 1.86. The van der Waals surface area contributed by atoms with Gasteiger partial charge in [0.25, 0.3) is 0 Å². The van der Waals surface area contributed by atoms with Crippen molar-refractivity contribution in [2.24, 2.45) is 4.99 Å². The largest absolute Gasteiger partial charge is 0.383 e. The van der Waals surface area contributed by atoms with Crippen LogP contribution in [0.25, 0.3) is 0 Å². The van der Waals surface area contributed by atoms with Gasteiger partial charge in [0.1, 0.15) is 12.1 Å². The van der Waals surface area contributed by atoms with E-state index in [1.807, 2.05) is 47.5 Å². The predicted molar refractivity (Wildman–Crippen MR) is 123 cm³/mol. The van der Waals surface area contributed by atoms with Crippen molar-refractivity contribution in [2.75, 3.05) is 50.7 Å². The van der Waals surface area contributed by atoms with Crippen LogP contribution < -0.4 is 15.5 Å². The maximum atomic E-state index is 12.6. The first kappa shape index (κ1) is 22.1. The molecule has 1 atom stereocenters. The van der Waals surface area contributed by atoms with E-state index in [1.165, 1.54) is 17.0 Å². The number of guanidine groups is 1. The van der Waals surface area contributed by atoms with E-state index in [0.717, 1.165) is 18.0 Å². The van der Waals surface area contributed by atoms with Gasteiger partial charge >= 0.3 is 0 Å². The minimum atomic E-state index is -0.998. The number of amides is 1. The molecule has 162 valence electrons. The average Bonchev–Trinajstić information content (AvgIpc) is 3.32. The Kier molecular flexibility index (Phi) is 7.70. The highest BCUT2D eigenvalue weighted by molar-refractivity contribution is 7.10. The molecule has 8 heteroatoms. The van der Waals surface area contributed by atoms with E-state index in [4.69, 9.17) is 0 Å². The summed E-state index contributed by atoms with van der Waals surface area (Å²) >= 11 is 1.52. The number of thiophene rings is 1. The monoisotopic (exact) mass is 429 g/mol. The molecule has 7 nitrogen and oxygen atoms in total. The number of anilines is 1. The molecule has 0 bridgehead atoms. The third-order valence-electron chi connectivity index (χ3n) is 5.12. The van der Waals surface area contributed by atoms with Gasteiger partial charge in [0.2, 0.25) is 5.91 Å². The molecule has 1 fully saturated rings. The van der Waals surface area contributed by atoms with E-state index < -0.39 is 5.60 Å². The summed E-state index contributed by atoms with van der Waals surface area (Å²) in [7, 11) is 0. The van der Waals surface area contributed by atoms with Crippen molar-refractivity contribution in [1.29, 1.82) is 0 Å². The molecule has 1 aliphatic rings. The molecule has 1 unspecified atom stereocenters. The second-order valence-electron chi connectivity index (χ2n) is 7.50. The molecular weight excluding hydrogens is 398 g/mol. The van der Waals surface area contributed by atoms with Crippen LogP contribution in [0.2, 0.25) is 0 Å². The van der Waals surface area contributed by atoms with Crippen molar-refractivity contribution >= 4 is 28.9 Å². The first-order chi connectivity index (χ1) is 14.5. The van der Waals surface area contributed by atoms with Gasteiger partial charge in [-0.25, -0.2) is 4.99 Å². The van der Waals surface area contributed by atoms with Crippen LogP contribution in [0, 0.1) is 0 Å². The molecule has 2 heterocycles. The van der Waals surface area contributed by atoms with Crippen molar-refractivity contribution < 1.29 is 9.90 Å². The fourth-order valence-electron chi connectivity index (χ4n) is 3.37. The van der Waals surface area contributed by atoms with Crippen LogP contribution >= 0.6 is 11.3 Å². The first-order valence-corrected chi connectivity index (χ1v) is 11.2. The highest BCUT2D eigenvalue weighted by Crippen LogP contribution is 2.24. The van der Waals surface area contributed by atoms with Gasteiger partial charge in [0, 0.05) is 43.3 Å². The van der Waals surface area contributed by atoms with E-state index in [0.29, 0.717) is 32.1 Å². The minimum Gasteiger partial charge on any atom is -0.383 e. The summed E-state index contributed by atoms with van der Waals surface area (Å²) in [6, 6.07) is 14.1. The molecule has 1 aromatic carbocycles. The Hall–Kier alpha value is -2.58. The van der Waals surface area contributed by atoms with Crippen molar-refractivity contribution in [1.82, 2.24) is 15.5 Å². The van der Waals surface area contributed by atoms with Gasteiger partial charge in [0.15, 0.2) is 5.96 Å². The maximum Gasteiger partial charge on any atom is 0.244 e. The molecule has 30 heavy (non-hydrogen) atoms. The lowest BCUT2D eigenvalue weighted by Gasteiger charge is -2.36. The van der Waals surface area contributed by atoms with E-state index in [9.17, 15) is 9.90 Å². The zero-order valence-electron chi connectivity index (χ0n) is 17.7. The van der Waals surface area contributed by atoms with Crippen molar-refractivity contribution in [3.8, 4) is 0 Å². The summed E-state index contributed by atoms with van der Waals surface area (Å²) in [5.41, 5.74) is 0.196. The van der Waals surface area contributed by atoms with Crippen molar-refractivity contribution in [3.05, 3.63) is 52.7 Å². The van der Waals surface area contributed by atoms with Crippen LogP contribution in [0.15, 0.2) is 52.8 Å². The Balaban J connectivity index is 1.50. The number of aliphatic imine (C=N–C) groups is 1. The number of nitrogens with zero attached hydrogens (tertiary/aromatic N) is 3. The smallest absolute Gasteiger partial charge is 0.244 e. The third kappa shape index (κ3) is 5.96. The van der Waals surface area contributed by atoms with Crippen LogP contribution in [-0.4, -0.2) is 67.7 Å². The summed E-state index contributed by atoms with van der Waals surface area (Å²) < 4.78 is 0. The number of hydrogen-bond donors (Lipinski definition) is 3. The van der Waals surface area contributed by atoms with E-state index in [1.54, 1.807) is 6.92 Å². The Labute approximate surface area is 182 Å². The number of aliphatic hydroxyl groups is 1. The Morgan fingerprint density at radius 3 is 2.50 bits per heavy atom. The van der Waals surface area contributed by atoms with Crippen molar-refractivity contribution in [2.45, 2.75) is 19.4 Å². The van der Waals surface area contributed by atoms with E-state index in [2.05, 4.69) is 32.7 Å². The molecule has 1 saturated heterocycles. The second kappa shape index (κ2) is 10.4. The zero-order chi connectivity index (χ0) is 21.4. The lowest BCUT2D eigenvalue weighted by atomic mass is 10.1. The third-order valence-corrected chi connectivity index (χ3v) is 6.25. The topological polar surface area (TPSA) is 80.2 Å². The number of para-hydroxylation sites is 1. The van der Waals surface area contributed by atoms with Gasteiger partial charge in [-0.2, -0.15) is 0 Å². The number of benzene rings is 1. The SMILES string of the molecule is CCNC(=NCC(=O)N1CCN(c2ccccc2)CC1)NCC(C)(O)c1cccs1. The number of nitrogens with one attached hydrogen (secondary N) is 2. The molecule has 1 aromatic heterocycles. The van der Waals surface area contributed by atoms with Crippen LogP contribution in [0.4, 0.5) is 5.69 Å². The molecular formula is C22H31N5O2S. The molecule has 0 radical (unpaired) electrons. The number of rotatable bonds is 7. The zero-order valence-corrected chi connectivity index (χ0v) is 18.5.